The van der Waals surface area contributed by atoms with Gasteiger partial charge in [-0.2, -0.15) is 0 Å². The normalized spacial score (nSPS) is 16.1. The van der Waals surface area contributed by atoms with Gasteiger partial charge in [-0.1, -0.05) is 0 Å². The lowest BCUT2D eigenvalue weighted by Gasteiger charge is -2.46. The summed E-state index contributed by atoms with van der Waals surface area (Å²) in [6.45, 7) is 1.39. The van der Waals surface area contributed by atoms with E-state index in [1.165, 1.54) is 5.69 Å². The third kappa shape index (κ3) is 3.19. The standard InChI is InChI=1S/C26H25N5O2/c1-33-21-8-9-23-22(17-21)28-26(24-3-2-13-31(23)24)10-14-29(15-11-26)25(32)19-4-6-20(7-5-19)30-16-12-27-18-30/h2-9,12-13,16-18,28H,10-11,14-15H2,1H3. The Labute approximate surface area is 192 Å². The fourth-order valence-electron chi connectivity index (χ4n) is 5.10. The number of anilines is 1. The molecule has 0 aliphatic carbocycles. The average molecular weight is 440 g/mol. The largest absolute Gasteiger partial charge is 0.497 e. The predicted octanol–water partition coefficient (Wildman–Crippen LogP) is 4.23. The van der Waals surface area contributed by atoms with Gasteiger partial charge < -0.3 is 24.1 Å². The van der Waals surface area contributed by atoms with Crippen LogP contribution in [0.1, 0.15) is 28.9 Å². The molecule has 7 heteroatoms. The van der Waals surface area contributed by atoms with Gasteiger partial charge in [0.05, 0.1) is 30.4 Å². The summed E-state index contributed by atoms with van der Waals surface area (Å²) >= 11 is 0. The summed E-state index contributed by atoms with van der Waals surface area (Å²) in [5.41, 5.74) is 4.93. The van der Waals surface area contributed by atoms with Crippen LogP contribution in [0, 0.1) is 0 Å². The van der Waals surface area contributed by atoms with E-state index in [1.54, 1.807) is 19.6 Å². The van der Waals surface area contributed by atoms with E-state index in [1.807, 2.05) is 46.0 Å². The molecule has 0 saturated carbocycles. The molecule has 6 rings (SSSR count). The number of carbonyl (C=O) groups excluding carboxylic acids is 1. The lowest BCUT2D eigenvalue weighted by Crippen LogP contribution is -2.51. The number of hydrogen-bond donors (Lipinski definition) is 1. The number of imidazole rings is 1. The molecule has 0 atom stereocenters. The molecule has 33 heavy (non-hydrogen) atoms. The molecule has 1 N–H and O–H groups in total. The molecular formula is C26H25N5O2. The van der Waals surface area contributed by atoms with E-state index in [9.17, 15) is 4.79 Å². The summed E-state index contributed by atoms with van der Waals surface area (Å²) < 4.78 is 9.64. The van der Waals surface area contributed by atoms with Crippen LogP contribution in [-0.4, -0.2) is 45.1 Å². The van der Waals surface area contributed by atoms with Gasteiger partial charge in [0.2, 0.25) is 0 Å². The SMILES string of the molecule is COc1ccc2c(c1)NC1(CCN(C(=O)c3ccc(-n4ccnc4)cc3)CC1)c1cccn1-2. The van der Waals surface area contributed by atoms with Gasteiger partial charge in [0.15, 0.2) is 0 Å². The number of benzene rings is 2. The fraction of sp³-hybridized carbons (Fsp3) is 0.231. The van der Waals surface area contributed by atoms with Gasteiger partial charge in [0.25, 0.3) is 5.91 Å². The van der Waals surface area contributed by atoms with E-state index < -0.39 is 0 Å². The summed E-state index contributed by atoms with van der Waals surface area (Å²) in [7, 11) is 1.69. The van der Waals surface area contributed by atoms with Crippen LogP contribution < -0.4 is 10.1 Å². The third-order valence-electron chi connectivity index (χ3n) is 6.90. The zero-order valence-corrected chi connectivity index (χ0v) is 18.4. The van der Waals surface area contributed by atoms with Crippen LogP contribution in [0.2, 0.25) is 0 Å². The van der Waals surface area contributed by atoms with E-state index in [2.05, 4.69) is 45.3 Å². The van der Waals surface area contributed by atoms with Crippen molar-refractivity contribution in [3.8, 4) is 17.1 Å². The maximum Gasteiger partial charge on any atom is 0.253 e. The number of fused-ring (bicyclic) bond motifs is 4. The van der Waals surface area contributed by atoms with E-state index >= 15 is 0 Å². The third-order valence-corrected chi connectivity index (χ3v) is 6.90. The number of nitrogens with one attached hydrogen (secondary N) is 1. The minimum absolute atomic E-state index is 0.0790. The maximum absolute atomic E-state index is 13.2. The number of rotatable bonds is 3. The molecule has 1 fully saturated rings. The van der Waals surface area contributed by atoms with Crippen LogP contribution in [0.25, 0.3) is 11.4 Å². The Balaban J connectivity index is 1.22. The number of carbonyl (C=O) groups is 1. The van der Waals surface area contributed by atoms with Gasteiger partial charge in [0, 0.05) is 54.7 Å². The smallest absolute Gasteiger partial charge is 0.253 e. The summed E-state index contributed by atoms with van der Waals surface area (Å²) in [6, 6.07) is 18.1. The Hall–Kier alpha value is -4.00. The molecule has 0 bridgehead atoms. The van der Waals surface area contributed by atoms with Crippen LogP contribution >= 0.6 is 0 Å². The van der Waals surface area contributed by atoms with Gasteiger partial charge in [0.1, 0.15) is 5.75 Å². The molecular weight excluding hydrogens is 414 g/mol. The molecule has 1 saturated heterocycles. The van der Waals surface area contributed by atoms with E-state index in [0.29, 0.717) is 18.7 Å². The Kier molecular flexibility index (Phi) is 4.50. The molecule has 1 spiro atoms. The minimum Gasteiger partial charge on any atom is -0.497 e. The van der Waals surface area contributed by atoms with Crippen LogP contribution in [0.15, 0.2) is 79.5 Å². The summed E-state index contributed by atoms with van der Waals surface area (Å²) in [6.07, 6.45) is 9.18. The second kappa shape index (κ2) is 7.55. The first kappa shape index (κ1) is 19.7. The number of hydrogen-bond acceptors (Lipinski definition) is 4. The molecule has 2 aromatic heterocycles. The second-order valence-electron chi connectivity index (χ2n) is 8.66. The van der Waals surface area contributed by atoms with Crippen molar-refractivity contribution >= 4 is 11.6 Å². The highest BCUT2D eigenvalue weighted by Gasteiger charge is 2.42. The quantitative estimate of drug-likeness (QED) is 0.519. The lowest BCUT2D eigenvalue weighted by molar-refractivity contribution is 0.0676. The average Bonchev–Trinajstić information content (AvgIpc) is 3.57. The van der Waals surface area contributed by atoms with Gasteiger partial charge in [-0.15, -0.1) is 0 Å². The summed E-state index contributed by atoms with van der Waals surface area (Å²) in [5.74, 6) is 0.911. The highest BCUT2D eigenvalue weighted by atomic mass is 16.5. The number of aromatic nitrogens is 3. The lowest BCUT2D eigenvalue weighted by atomic mass is 9.82. The molecule has 2 aliphatic rings. The van der Waals surface area contributed by atoms with Gasteiger partial charge in [-0.25, -0.2) is 4.98 Å². The topological polar surface area (TPSA) is 64.3 Å². The van der Waals surface area contributed by atoms with Crippen molar-refractivity contribution in [3.05, 3.63) is 90.8 Å². The highest BCUT2D eigenvalue weighted by Crippen LogP contribution is 2.44. The van der Waals surface area contributed by atoms with Crippen molar-refractivity contribution in [1.82, 2.24) is 19.0 Å². The number of nitrogens with zero attached hydrogens (tertiary/aromatic N) is 4. The number of methoxy groups -OCH3 is 1. The number of ether oxygens (including phenoxy) is 1. The second-order valence-corrected chi connectivity index (χ2v) is 8.66. The van der Waals surface area contributed by atoms with Crippen LogP contribution in [-0.2, 0) is 5.54 Å². The molecule has 166 valence electrons. The highest BCUT2D eigenvalue weighted by molar-refractivity contribution is 5.94. The van der Waals surface area contributed by atoms with Crippen molar-refractivity contribution in [1.29, 1.82) is 0 Å². The predicted molar refractivity (Wildman–Crippen MR) is 126 cm³/mol. The van der Waals surface area contributed by atoms with E-state index in [0.717, 1.165) is 35.7 Å². The fourth-order valence-corrected chi connectivity index (χ4v) is 5.10. The van der Waals surface area contributed by atoms with Crippen molar-refractivity contribution in [2.75, 3.05) is 25.5 Å². The molecule has 2 aliphatic heterocycles. The molecule has 4 heterocycles. The first-order valence-electron chi connectivity index (χ1n) is 11.2. The first-order valence-corrected chi connectivity index (χ1v) is 11.2. The molecule has 2 aromatic carbocycles. The van der Waals surface area contributed by atoms with Crippen LogP contribution in [0.3, 0.4) is 0 Å². The Bertz CT molecular complexity index is 1300. The number of likely N-dealkylation sites (tertiary alicyclic amines) is 1. The molecule has 7 nitrogen and oxygen atoms in total. The number of amides is 1. The monoisotopic (exact) mass is 439 g/mol. The minimum atomic E-state index is -0.203. The maximum atomic E-state index is 13.2. The zero-order chi connectivity index (χ0) is 22.4. The molecule has 0 radical (unpaired) electrons. The first-order chi connectivity index (χ1) is 16.2. The zero-order valence-electron chi connectivity index (χ0n) is 18.4. The summed E-state index contributed by atoms with van der Waals surface area (Å²) in [5, 5.41) is 3.80. The molecule has 4 aromatic rings. The Morgan fingerprint density at radius 1 is 1.06 bits per heavy atom. The summed E-state index contributed by atoms with van der Waals surface area (Å²) in [4.78, 5) is 19.3. The van der Waals surface area contributed by atoms with E-state index in [-0.39, 0.29) is 11.4 Å². The van der Waals surface area contributed by atoms with Crippen molar-refractivity contribution in [3.63, 3.8) is 0 Å². The van der Waals surface area contributed by atoms with Crippen LogP contribution in [0.4, 0.5) is 5.69 Å². The van der Waals surface area contributed by atoms with Gasteiger partial charge in [-0.3, -0.25) is 4.79 Å². The number of piperidine rings is 1. The van der Waals surface area contributed by atoms with Crippen molar-refractivity contribution in [2.24, 2.45) is 0 Å². The van der Waals surface area contributed by atoms with Crippen molar-refractivity contribution < 1.29 is 9.53 Å². The molecule has 0 unspecified atom stereocenters. The molecule has 1 amide bonds. The van der Waals surface area contributed by atoms with Gasteiger partial charge in [-0.05, 0) is 61.4 Å². The van der Waals surface area contributed by atoms with E-state index in [4.69, 9.17) is 4.74 Å². The van der Waals surface area contributed by atoms with Gasteiger partial charge >= 0.3 is 0 Å². The van der Waals surface area contributed by atoms with Crippen molar-refractivity contribution in [2.45, 2.75) is 18.4 Å². The van der Waals surface area contributed by atoms with Crippen LogP contribution in [0.5, 0.6) is 5.75 Å². The Morgan fingerprint density at radius 2 is 1.88 bits per heavy atom. The Morgan fingerprint density at radius 3 is 2.61 bits per heavy atom.